The Morgan fingerprint density at radius 1 is 1.05 bits per heavy atom. The highest BCUT2D eigenvalue weighted by Gasteiger charge is 2.10. The first-order valence-corrected chi connectivity index (χ1v) is 7.45. The van der Waals surface area contributed by atoms with Crippen LogP contribution in [0.15, 0.2) is 52.9 Å². The molecule has 1 aromatic heterocycles. The minimum absolute atomic E-state index is 0.469. The molecular formula is C19H21NO. The third-order valence-corrected chi connectivity index (χ3v) is 3.66. The summed E-state index contributed by atoms with van der Waals surface area (Å²) in [4.78, 5) is 0. The van der Waals surface area contributed by atoms with E-state index in [1.54, 1.807) is 0 Å². The molecule has 0 amide bonds. The van der Waals surface area contributed by atoms with E-state index >= 15 is 0 Å². The zero-order valence-electron chi connectivity index (χ0n) is 12.8. The summed E-state index contributed by atoms with van der Waals surface area (Å²) in [5.74, 6) is 0.941. The van der Waals surface area contributed by atoms with E-state index in [-0.39, 0.29) is 0 Å². The number of benzene rings is 2. The highest BCUT2D eigenvalue weighted by atomic mass is 16.3. The lowest BCUT2D eigenvalue weighted by molar-refractivity contribution is 0.586. The maximum absolute atomic E-state index is 6.03. The van der Waals surface area contributed by atoms with Crippen molar-refractivity contribution in [3.8, 4) is 11.3 Å². The van der Waals surface area contributed by atoms with Gasteiger partial charge in [0.15, 0.2) is 0 Å². The molecule has 108 valence electrons. The Hall–Kier alpha value is -2.06. The summed E-state index contributed by atoms with van der Waals surface area (Å²) in [6.45, 7) is 7.27. The molecule has 21 heavy (non-hydrogen) atoms. The largest absolute Gasteiger partial charge is 0.456 e. The normalized spacial score (nSPS) is 11.4. The molecule has 0 radical (unpaired) electrons. The fourth-order valence-corrected chi connectivity index (χ4v) is 2.52. The Morgan fingerprint density at radius 3 is 2.67 bits per heavy atom. The maximum Gasteiger partial charge on any atom is 0.135 e. The third-order valence-electron chi connectivity index (χ3n) is 3.66. The van der Waals surface area contributed by atoms with Gasteiger partial charge in [-0.15, -0.1) is 0 Å². The van der Waals surface area contributed by atoms with Gasteiger partial charge in [-0.25, -0.2) is 0 Å². The smallest absolute Gasteiger partial charge is 0.135 e. The minimum Gasteiger partial charge on any atom is -0.456 e. The standard InChI is InChI=1S/C19H21NO/c1-13(2)20-12-15-6-4-5-7-17(15)19-11-16-10-14(3)8-9-18(16)21-19/h4-11,13,20H,12H2,1-3H3. The van der Waals surface area contributed by atoms with E-state index in [2.05, 4.69) is 68.6 Å². The second kappa shape index (κ2) is 5.74. The van der Waals surface area contributed by atoms with E-state index in [9.17, 15) is 0 Å². The monoisotopic (exact) mass is 279 g/mol. The van der Waals surface area contributed by atoms with Crippen LogP contribution in [0.5, 0.6) is 0 Å². The van der Waals surface area contributed by atoms with E-state index < -0.39 is 0 Å². The molecule has 0 bridgehead atoms. The van der Waals surface area contributed by atoms with Crippen LogP contribution >= 0.6 is 0 Å². The zero-order valence-corrected chi connectivity index (χ0v) is 12.8. The van der Waals surface area contributed by atoms with Crippen molar-refractivity contribution in [1.82, 2.24) is 5.32 Å². The molecular weight excluding hydrogens is 258 g/mol. The van der Waals surface area contributed by atoms with Gasteiger partial charge in [-0.3, -0.25) is 0 Å². The lowest BCUT2D eigenvalue weighted by Gasteiger charge is -2.11. The van der Waals surface area contributed by atoms with Crippen LogP contribution in [0.25, 0.3) is 22.3 Å². The van der Waals surface area contributed by atoms with Gasteiger partial charge in [-0.1, -0.05) is 49.7 Å². The Balaban J connectivity index is 2.01. The number of nitrogens with one attached hydrogen (secondary N) is 1. The molecule has 0 aliphatic carbocycles. The second-order valence-corrected chi connectivity index (χ2v) is 5.84. The summed E-state index contributed by atoms with van der Waals surface area (Å²) in [5, 5.41) is 4.64. The third kappa shape index (κ3) is 3.01. The predicted molar refractivity (Wildman–Crippen MR) is 88.4 cm³/mol. The van der Waals surface area contributed by atoms with Crippen LogP contribution in [0, 0.1) is 6.92 Å². The van der Waals surface area contributed by atoms with Gasteiger partial charge in [-0.05, 0) is 30.7 Å². The van der Waals surface area contributed by atoms with E-state index in [1.165, 1.54) is 16.7 Å². The van der Waals surface area contributed by atoms with Crippen LogP contribution in [-0.2, 0) is 6.54 Å². The first kappa shape index (κ1) is 13.9. The van der Waals surface area contributed by atoms with Crippen molar-refractivity contribution in [3.63, 3.8) is 0 Å². The molecule has 0 saturated heterocycles. The van der Waals surface area contributed by atoms with Gasteiger partial charge in [0.25, 0.3) is 0 Å². The van der Waals surface area contributed by atoms with Crippen molar-refractivity contribution in [2.75, 3.05) is 0 Å². The van der Waals surface area contributed by atoms with E-state index in [0.29, 0.717) is 6.04 Å². The molecule has 2 nitrogen and oxygen atoms in total. The number of fused-ring (bicyclic) bond motifs is 1. The highest BCUT2D eigenvalue weighted by Crippen LogP contribution is 2.30. The van der Waals surface area contributed by atoms with E-state index in [0.717, 1.165) is 23.3 Å². The molecule has 0 unspecified atom stereocenters. The van der Waals surface area contributed by atoms with Crippen molar-refractivity contribution < 1.29 is 4.42 Å². The van der Waals surface area contributed by atoms with E-state index in [4.69, 9.17) is 4.42 Å². The van der Waals surface area contributed by atoms with Crippen molar-refractivity contribution in [2.24, 2.45) is 0 Å². The molecule has 0 spiro atoms. The number of hydrogen-bond acceptors (Lipinski definition) is 2. The fourth-order valence-electron chi connectivity index (χ4n) is 2.52. The number of furan rings is 1. The Bertz CT molecular complexity index is 755. The molecule has 1 N–H and O–H groups in total. The fraction of sp³-hybridized carbons (Fsp3) is 0.263. The predicted octanol–water partition coefficient (Wildman–Crippen LogP) is 4.91. The lowest BCUT2D eigenvalue weighted by Crippen LogP contribution is -2.22. The van der Waals surface area contributed by atoms with Gasteiger partial charge in [0.1, 0.15) is 11.3 Å². The SMILES string of the molecule is Cc1ccc2oc(-c3ccccc3CNC(C)C)cc2c1. The molecule has 0 fully saturated rings. The second-order valence-electron chi connectivity index (χ2n) is 5.84. The number of rotatable bonds is 4. The van der Waals surface area contributed by atoms with Gasteiger partial charge < -0.3 is 9.73 Å². The van der Waals surface area contributed by atoms with Crippen molar-refractivity contribution >= 4 is 11.0 Å². The molecule has 2 aromatic carbocycles. The molecule has 3 aromatic rings. The van der Waals surface area contributed by atoms with Crippen molar-refractivity contribution in [2.45, 2.75) is 33.4 Å². The van der Waals surface area contributed by atoms with Crippen molar-refractivity contribution in [3.05, 3.63) is 59.7 Å². The molecule has 0 atom stereocenters. The van der Waals surface area contributed by atoms with Crippen LogP contribution in [0.4, 0.5) is 0 Å². The van der Waals surface area contributed by atoms with Crippen LogP contribution in [0.3, 0.4) is 0 Å². The summed E-state index contributed by atoms with van der Waals surface area (Å²) >= 11 is 0. The van der Waals surface area contributed by atoms with Gasteiger partial charge >= 0.3 is 0 Å². The number of aryl methyl sites for hydroxylation is 1. The Morgan fingerprint density at radius 2 is 1.86 bits per heavy atom. The van der Waals surface area contributed by atoms with Gasteiger partial charge in [0.2, 0.25) is 0 Å². The first-order chi connectivity index (χ1) is 10.1. The Labute approximate surface area is 125 Å². The lowest BCUT2D eigenvalue weighted by atomic mass is 10.0. The molecule has 0 aliphatic rings. The number of hydrogen-bond donors (Lipinski definition) is 1. The average molecular weight is 279 g/mol. The maximum atomic E-state index is 6.03. The molecule has 0 aliphatic heterocycles. The summed E-state index contributed by atoms with van der Waals surface area (Å²) in [6.07, 6.45) is 0. The summed E-state index contributed by atoms with van der Waals surface area (Å²) in [5.41, 5.74) is 4.63. The summed E-state index contributed by atoms with van der Waals surface area (Å²) in [7, 11) is 0. The molecule has 3 rings (SSSR count). The van der Waals surface area contributed by atoms with Gasteiger partial charge in [0, 0.05) is 23.5 Å². The average Bonchev–Trinajstić information content (AvgIpc) is 2.88. The first-order valence-electron chi connectivity index (χ1n) is 7.45. The highest BCUT2D eigenvalue weighted by molar-refractivity contribution is 5.84. The van der Waals surface area contributed by atoms with Crippen molar-refractivity contribution in [1.29, 1.82) is 0 Å². The van der Waals surface area contributed by atoms with Crippen LogP contribution < -0.4 is 5.32 Å². The van der Waals surface area contributed by atoms with Crippen LogP contribution in [0.2, 0.25) is 0 Å². The summed E-state index contributed by atoms with van der Waals surface area (Å²) < 4.78 is 6.03. The topological polar surface area (TPSA) is 25.2 Å². The van der Waals surface area contributed by atoms with Gasteiger partial charge in [0.05, 0.1) is 0 Å². The Kier molecular flexibility index (Phi) is 3.80. The molecule has 1 heterocycles. The van der Waals surface area contributed by atoms with E-state index in [1.807, 2.05) is 6.07 Å². The van der Waals surface area contributed by atoms with Crippen LogP contribution in [-0.4, -0.2) is 6.04 Å². The molecule has 2 heteroatoms. The van der Waals surface area contributed by atoms with Crippen LogP contribution in [0.1, 0.15) is 25.0 Å². The molecule has 0 saturated carbocycles. The minimum atomic E-state index is 0.469. The quantitative estimate of drug-likeness (QED) is 0.734. The summed E-state index contributed by atoms with van der Waals surface area (Å²) in [6, 6.07) is 17.3. The van der Waals surface area contributed by atoms with Gasteiger partial charge in [-0.2, -0.15) is 0 Å². The zero-order chi connectivity index (χ0) is 14.8.